The van der Waals surface area contributed by atoms with Crippen molar-refractivity contribution in [2.45, 2.75) is 27.7 Å². The molecular formula is C28H23N5O. The van der Waals surface area contributed by atoms with Crippen LogP contribution in [0.1, 0.15) is 22.3 Å². The molecule has 0 radical (unpaired) electrons. The maximum atomic E-state index is 13.9. The molecule has 6 rings (SSSR count). The van der Waals surface area contributed by atoms with Crippen LogP contribution < -0.4 is 5.56 Å². The quantitative estimate of drug-likeness (QED) is 0.353. The molecule has 0 amide bonds. The molecule has 3 heterocycles. The molecule has 6 nitrogen and oxygen atoms in total. The summed E-state index contributed by atoms with van der Waals surface area (Å²) in [6.07, 6.45) is 1.61. The van der Waals surface area contributed by atoms with Crippen LogP contribution in [0.3, 0.4) is 0 Å². The monoisotopic (exact) mass is 445 g/mol. The number of aromatic nitrogens is 5. The van der Waals surface area contributed by atoms with Crippen LogP contribution in [0.5, 0.6) is 0 Å². The van der Waals surface area contributed by atoms with Crippen molar-refractivity contribution in [3.63, 3.8) is 0 Å². The second kappa shape index (κ2) is 7.35. The lowest BCUT2D eigenvalue weighted by Gasteiger charge is -2.10. The molecule has 0 saturated carbocycles. The summed E-state index contributed by atoms with van der Waals surface area (Å²) in [7, 11) is 0. The maximum Gasteiger partial charge on any atom is 0.269 e. The Morgan fingerprint density at radius 2 is 1.24 bits per heavy atom. The number of para-hydroxylation sites is 2. The first-order valence-corrected chi connectivity index (χ1v) is 11.2. The van der Waals surface area contributed by atoms with Crippen LogP contribution in [0.25, 0.3) is 44.6 Å². The number of hydrogen-bond donors (Lipinski definition) is 0. The normalized spacial score (nSPS) is 11.6. The van der Waals surface area contributed by atoms with E-state index in [9.17, 15) is 4.79 Å². The third kappa shape index (κ3) is 3.10. The molecule has 0 saturated heterocycles. The van der Waals surface area contributed by atoms with Gasteiger partial charge in [0.05, 0.1) is 16.7 Å². The predicted octanol–water partition coefficient (Wildman–Crippen LogP) is 5.51. The Kier molecular flexibility index (Phi) is 4.39. The highest BCUT2D eigenvalue weighted by Crippen LogP contribution is 2.29. The molecule has 3 aromatic carbocycles. The molecule has 0 unspecified atom stereocenters. The fraction of sp³-hybridized carbons (Fsp3) is 0.143. The summed E-state index contributed by atoms with van der Waals surface area (Å²) >= 11 is 0. The Hall–Kier alpha value is -4.32. The second-order valence-electron chi connectivity index (χ2n) is 9.03. The van der Waals surface area contributed by atoms with E-state index in [-0.39, 0.29) is 5.56 Å². The van der Waals surface area contributed by atoms with Crippen LogP contribution in [0.15, 0.2) is 71.8 Å². The van der Waals surface area contributed by atoms with E-state index in [4.69, 9.17) is 15.0 Å². The SMILES string of the molecule is Cc1cc(C)cc(-n2cnc3c(c2=O)c2nc4ccccc4nc2n3-c2cc(C)cc(C)c2)c1. The third-order valence-electron chi connectivity index (χ3n) is 6.11. The van der Waals surface area contributed by atoms with E-state index in [1.165, 1.54) is 0 Å². The van der Waals surface area contributed by atoms with E-state index >= 15 is 0 Å². The average molecular weight is 446 g/mol. The first-order chi connectivity index (χ1) is 16.4. The fourth-order valence-corrected chi connectivity index (χ4v) is 4.83. The molecule has 0 aliphatic heterocycles. The van der Waals surface area contributed by atoms with E-state index in [2.05, 4.69) is 38.1 Å². The van der Waals surface area contributed by atoms with Gasteiger partial charge in [0.2, 0.25) is 0 Å². The third-order valence-corrected chi connectivity index (χ3v) is 6.11. The standard InChI is InChI=1S/C28H23N5O/c1-16-9-17(2)12-20(11-16)32-15-29-26-24(28(32)34)25-27(31-23-8-6-5-7-22(23)30-25)33(26)21-13-18(3)10-19(4)14-21/h5-15H,1-4H3. The topological polar surface area (TPSA) is 65.6 Å². The molecule has 3 aromatic heterocycles. The summed E-state index contributed by atoms with van der Waals surface area (Å²) in [5.41, 5.74) is 9.24. The molecule has 0 bridgehead atoms. The Morgan fingerprint density at radius 1 is 0.676 bits per heavy atom. The van der Waals surface area contributed by atoms with Crippen LogP contribution >= 0.6 is 0 Å². The van der Waals surface area contributed by atoms with Gasteiger partial charge < -0.3 is 0 Å². The summed E-state index contributed by atoms with van der Waals surface area (Å²) in [6.45, 7) is 8.17. The molecule has 166 valence electrons. The van der Waals surface area contributed by atoms with Crippen LogP contribution in [-0.4, -0.2) is 24.1 Å². The van der Waals surface area contributed by atoms with Crippen LogP contribution in [0.2, 0.25) is 0 Å². The van der Waals surface area contributed by atoms with Crippen molar-refractivity contribution in [1.82, 2.24) is 24.1 Å². The fourth-order valence-electron chi connectivity index (χ4n) is 4.83. The minimum atomic E-state index is -0.160. The van der Waals surface area contributed by atoms with E-state index in [0.717, 1.165) is 44.7 Å². The Balaban J connectivity index is 1.79. The number of nitrogens with zero attached hydrogens (tertiary/aromatic N) is 5. The van der Waals surface area contributed by atoms with E-state index in [0.29, 0.717) is 22.2 Å². The van der Waals surface area contributed by atoms with Crippen LogP contribution in [0.4, 0.5) is 0 Å². The lowest BCUT2D eigenvalue weighted by atomic mass is 10.1. The molecule has 34 heavy (non-hydrogen) atoms. The summed E-state index contributed by atoms with van der Waals surface area (Å²) in [4.78, 5) is 28.5. The molecule has 0 fully saturated rings. The van der Waals surface area contributed by atoms with Crippen molar-refractivity contribution in [3.8, 4) is 11.4 Å². The zero-order valence-corrected chi connectivity index (χ0v) is 19.5. The summed E-state index contributed by atoms with van der Waals surface area (Å²) in [5.74, 6) is 0. The zero-order valence-electron chi connectivity index (χ0n) is 19.5. The molecule has 0 atom stereocenters. The average Bonchev–Trinajstić information content (AvgIpc) is 3.10. The van der Waals surface area contributed by atoms with Gasteiger partial charge in [-0.2, -0.15) is 0 Å². The van der Waals surface area contributed by atoms with Crippen molar-refractivity contribution in [1.29, 1.82) is 0 Å². The molecule has 6 aromatic rings. The van der Waals surface area contributed by atoms with Gasteiger partial charge in [0.25, 0.3) is 5.56 Å². The predicted molar refractivity (Wildman–Crippen MR) is 136 cm³/mol. The number of fused-ring (bicyclic) bond motifs is 4. The number of hydrogen-bond acceptors (Lipinski definition) is 4. The highest BCUT2D eigenvalue weighted by Gasteiger charge is 2.21. The largest absolute Gasteiger partial charge is 0.276 e. The molecule has 0 spiro atoms. The van der Waals surface area contributed by atoms with Crippen LogP contribution in [0, 0.1) is 27.7 Å². The summed E-state index contributed by atoms with van der Waals surface area (Å²) < 4.78 is 3.56. The Bertz CT molecular complexity index is 1790. The molecule has 6 heteroatoms. The van der Waals surface area contributed by atoms with Crippen molar-refractivity contribution >= 4 is 33.2 Å². The summed E-state index contributed by atoms with van der Waals surface area (Å²) in [5, 5.41) is 0.467. The van der Waals surface area contributed by atoms with E-state index < -0.39 is 0 Å². The number of rotatable bonds is 2. The van der Waals surface area contributed by atoms with E-state index in [1.807, 2.05) is 54.8 Å². The van der Waals surface area contributed by atoms with Gasteiger partial charge in [-0.3, -0.25) is 13.9 Å². The smallest absolute Gasteiger partial charge is 0.269 e. The first kappa shape index (κ1) is 20.3. The molecule has 0 aliphatic carbocycles. The van der Waals surface area contributed by atoms with Crippen molar-refractivity contribution in [2.24, 2.45) is 0 Å². The first-order valence-electron chi connectivity index (χ1n) is 11.2. The minimum Gasteiger partial charge on any atom is -0.276 e. The lowest BCUT2D eigenvalue weighted by Crippen LogP contribution is -2.19. The lowest BCUT2D eigenvalue weighted by molar-refractivity contribution is 0.948. The van der Waals surface area contributed by atoms with Crippen LogP contribution in [-0.2, 0) is 0 Å². The van der Waals surface area contributed by atoms with Gasteiger partial charge in [-0.1, -0.05) is 24.3 Å². The van der Waals surface area contributed by atoms with Gasteiger partial charge >= 0.3 is 0 Å². The van der Waals surface area contributed by atoms with Gasteiger partial charge in [-0.25, -0.2) is 15.0 Å². The minimum absolute atomic E-state index is 0.160. The highest BCUT2D eigenvalue weighted by molar-refractivity contribution is 6.05. The maximum absolute atomic E-state index is 13.9. The number of aryl methyl sites for hydroxylation is 4. The van der Waals surface area contributed by atoms with Gasteiger partial charge in [0, 0.05) is 5.69 Å². The molecule has 0 aliphatic rings. The van der Waals surface area contributed by atoms with Gasteiger partial charge in [-0.05, 0) is 86.3 Å². The Labute approximate surface area is 196 Å². The summed E-state index contributed by atoms with van der Waals surface area (Å²) in [6, 6.07) is 20.1. The second-order valence-corrected chi connectivity index (χ2v) is 9.03. The molecule has 0 N–H and O–H groups in total. The molecular weight excluding hydrogens is 422 g/mol. The highest BCUT2D eigenvalue weighted by atomic mass is 16.1. The van der Waals surface area contributed by atoms with Gasteiger partial charge in [-0.15, -0.1) is 0 Å². The Morgan fingerprint density at radius 3 is 1.85 bits per heavy atom. The van der Waals surface area contributed by atoms with Gasteiger partial charge in [0.1, 0.15) is 17.2 Å². The van der Waals surface area contributed by atoms with E-state index in [1.54, 1.807) is 10.9 Å². The zero-order chi connectivity index (χ0) is 23.6. The van der Waals surface area contributed by atoms with Crippen molar-refractivity contribution in [2.75, 3.05) is 0 Å². The number of benzene rings is 3. The van der Waals surface area contributed by atoms with Crippen molar-refractivity contribution in [3.05, 3.63) is 99.6 Å². The van der Waals surface area contributed by atoms with Crippen molar-refractivity contribution < 1.29 is 0 Å². The van der Waals surface area contributed by atoms with Gasteiger partial charge in [0.15, 0.2) is 11.3 Å².